The number of ether oxygens (including phenoxy) is 3. The fourth-order valence-corrected chi connectivity index (χ4v) is 10.7. The third kappa shape index (κ3) is 16.9. The highest BCUT2D eigenvalue weighted by molar-refractivity contribution is 6.07. The quantitative estimate of drug-likeness (QED) is 0.0836. The topological polar surface area (TPSA) is 303 Å². The van der Waals surface area contributed by atoms with Gasteiger partial charge in [0.15, 0.2) is 0 Å². The molecule has 3 fully saturated rings. The Hall–Kier alpha value is -6.36. The summed E-state index contributed by atoms with van der Waals surface area (Å²) >= 11 is 0. The predicted octanol–water partition coefficient (Wildman–Crippen LogP) is 2.58. The van der Waals surface area contributed by atoms with Gasteiger partial charge in [0.2, 0.25) is 35.4 Å². The van der Waals surface area contributed by atoms with Gasteiger partial charge in [0.05, 0.1) is 31.6 Å². The van der Waals surface area contributed by atoms with Crippen LogP contribution in [0.4, 0.5) is 0 Å². The second kappa shape index (κ2) is 29.9. The number of fused-ring (bicyclic) bond motifs is 1. The number of likely N-dealkylation sites (N-methyl/N-ethyl adjacent to an activating group) is 2. The first kappa shape index (κ1) is 66.2. The molecule has 0 aromatic heterocycles. The minimum atomic E-state index is -1.76. The zero-order chi connectivity index (χ0) is 60.0. The molecule has 0 spiro atoms. The SMILES string of the molecule is CC[C@H](C)[C@@H]1NC(=O)[C@H](NC(=O)[C@@H](CC(C)C)N(C)C(=O)[C@@H]2CCCN2C(=O)[C@H](C)O)[C@@H](C)OC(=O)[C@H](Cc2ccc(OC)cc2)N(C)C(=O)[C@@H]2CCCN2C(=O)[C@H](CC(C)C)NC(=O)[C@@H](C)/C(=N\O)[C@H](C(C)C)OC(=O)C[C@@H]1O. The first-order valence-electron chi connectivity index (χ1n) is 28.2. The zero-order valence-corrected chi connectivity index (χ0v) is 49.3. The van der Waals surface area contributed by atoms with E-state index in [0.717, 1.165) is 0 Å². The summed E-state index contributed by atoms with van der Waals surface area (Å²) in [4.78, 5) is 135. The van der Waals surface area contributed by atoms with Gasteiger partial charge in [-0.2, -0.15) is 0 Å². The Labute approximate surface area is 471 Å². The van der Waals surface area contributed by atoms with Crippen LogP contribution in [0.2, 0.25) is 0 Å². The Kier molecular flexibility index (Phi) is 24.7. The molecular formula is C57H90N8O15. The van der Waals surface area contributed by atoms with Crippen molar-refractivity contribution < 1.29 is 72.8 Å². The molecule has 23 nitrogen and oxygen atoms in total. The molecule has 1 aromatic carbocycles. The average molecular weight is 1130 g/mol. The number of nitrogens with one attached hydrogen (secondary N) is 3. The average Bonchev–Trinajstić information content (AvgIpc) is 4.17. The van der Waals surface area contributed by atoms with E-state index in [1.54, 1.807) is 52.0 Å². The van der Waals surface area contributed by atoms with E-state index >= 15 is 4.79 Å². The van der Waals surface area contributed by atoms with Crippen LogP contribution in [0, 0.1) is 29.6 Å². The van der Waals surface area contributed by atoms with E-state index in [4.69, 9.17) is 14.2 Å². The van der Waals surface area contributed by atoms with Crippen LogP contribution in [0.3, 0.4) is 0 Å². The number of aliphatic hydroxyl groups excluding tert-OH is 2. The van der Waals surface area contributed by atoms with Crippen molar-refractivity contribution >= 4 is 59.0 Å². The van der Waals surface area contributed by atoms with Crippen molar-refractivity contribution in [1.29, 1.82) is 0 Å². The fourth-order valence-electron chi connectivity index (χ4n) is 10.7. The summed E-state index contributed by atoms with van der Waals surface area (Å²) in [5, 5.41) is 44.2. The molecule has 0 radical (unpaired) electrons. The number of cyclic esters (lactones) is 2. The maximum Gasteiger partial charge on any atom is 0.329 e. The summed E-state index contributed by atoms with van der Waals surface area (Å²) in [6.07, 6.45) is -4.79. The van der Waals surface area contributed by atoms with Gasteiger partial charge in [0.25, 0.3) is 5.91 Å². The number of hydrogen-bond acceptors (Lipinski definition) is 16. The summed E-state index contributed by atoms with van der Waals surface area (Å²) in [5.74, 6) is -9.14. The molecule has 3 heterocycles. The maximum absolute atomic E-state index is 15.0. The molecule has 6 N–H and O–H groups in total. The van der Waals surface area contributed by atoms with Gasteiger partial charge in [-0.15, -0.1) is 0 Å². The first-order chi connectivity index (χ1) is 37.6. The summed E-state index contributed by atoms with van der Waals surface area (Å²) in [5.41, 5.74) is 0.331. The monoisotopic (exact) mass is 1130 g/mol. The van der Waals surface area contributed by atoms with Crippen LogP contribution in [0.25, 0.3) is 0 Å². The molecular weight excluding hydrogens is 1040 g/mol. The molecule has 13 atom stereocenters. The minimum Gasteiger partial charge on any atom is -0.497 e. The van der Waals surface area contributed by atoms with Gasteiger partial charge >= 0.3 is 11.9 Å². The molecule has 80 heavy (non-hydrogen) atoms. The van der Waals surface area contributed by atoms with Crippen molar-refractivity contribution in [3.63, 3.8) is 0 Å². The highest BCUT2D eigenvalue weighted by atomic mass is 16.6. The van der Waals surface area contributed by atoms with Crippen LogP contribution in [0.5, 0.6) is 5.75 Å². The van der Waals surface area contributed by atoms with Crippen LogP contribution in [-0.2, 0) is 59.0 Å². The smallest absolute Gasteiger partial charge is 0.329 e. The number of methoxy groups -OCH3 is 1. The lowest BCUT2D eigenvalue weighted by molar-refractivity contribution is -0.162. The van der Waals surface area contributed by atoms with Crippen LogP contribution >= 0.6 is 0 Å². The zero-order valence-electron chi connectivity index (χ0n) is 49.3. The Morgan fingerprint density at radius 1 is 0.887 bits per heavy atom. The third-order valence-corrected chi connectivity index (χ3v) is 15.6. The number of oxime groups is 1. The van der Waals surface area contributed by atoms with Gasteiger partial charge in [-0.05, 0) is 101 Å². The number of benzene rings is 1. The normalized spacial score (nSPS) is 28.0. The number of amides is 7. The molecule has 0 unspecified atom stereocenters. The standard InChI is InChI=1S/C57H90N8O15/c1-15-33(8)46-44(67)29-45(68)80-49(32(6)7)47(61-77)34(9)50(69)58-39(26-30(2)3)54(73)65-25-17-19-41(65)56(75)63(13)43(28-37-20-22-38(78-14)23-21-37)57(76)79-36(11)48(52(71)59-46)60-51(70)42(27-31(4)5)62(12)55(74)40-18-16-24-64(40)53(72)35(10)66/h20-23,30-36,39-44,46,48-49,66-67,77H,15-19,24-29H2,1-14H3,(H,58,69)(H,59,71)(H,60,70)/b61-47+/t33-,34-,35-,36+,39-,40-,41-,42+,43-,44-,46-,48+,49-/m0/s1. The van der Waals surface area contributed by atoms with E-state index in [0.29, 0.717) is 30.6 Å². The molecule has 7 amide bonds. The minimum absolute atomic E-state index is 0.0722. The molecule has 448 valence electrons. The van der Waals surface area contributed by atoms with Crippen molar-refractivity contribution in [2.45, 2.75) is 201 Å². The summed E-state index contributed by atoms with van der Waals surface area (Å²) < 4.78 is 17.4. The number of nitrogens with zero attached hydrogens (tertiary/aromatic N) is 5. The van der Waals surface area contributed by atoms with E-state index in [-0.39, 0.29) is 62.7 Å². The highest BCUT2D eigenvalue weighted by Crippen LogP contribution is 2.27. The third-order valence-electron chi connectivity index (χ3n) is 15.6. The number of aliphatic hydroxyl groups is 2. The van der Waals surface area contributed by atoms with Gasteiger partial charge in [0, 0.05) is 33.6 Å². The number of rotatable bonds is 15. The lowest BCUT2D eigenvalue weighted by Gasteiger charge is -2.36. The molecule has 3 aliphatic heterocycles. The van der Waals surface area contributed by atoms with Gasteiger partial charge in [-0.25, -0.2) is 4.79 Å². The molecule has 0 bridgehead atoms. The molecule has 23 heteroatoms. The second-order valence-electron chi connectivity index (χ2n) is 23.1. The fraction of sp³-hybridized carbons (Fsp3) is 0.719. The number of likely N-dealkylation sites (tertiary alicyclic amines) is 1. The van der Waals surface area contributed by atoms with Crippen LogP contribution < -0.4 is 20.7 Å². The molecule has 3 aliphatic rings. The summed E-state index contributed by atoms with van der Waals surface area (Å²) in [6.45, 7) is 18.6. The van der Waals surface area contributed by atoms with Gasteiger partial charge in [-0.1, -0.05) is 79.1 Å². The van der Waals surface area contributed by atoms with Crippen molar-refractivity contribution in [3.8, 4) is 5.75 Å². The number of esters is 2. The van der Waals surface area contributed by atoms with Crippen molar-refractivity contribution in [2.24, 2.45) is 34.7 Å². The molecule has 3 saturated heterocycles. The predicted molar refractivity (Wildman–Crippen MR) is 294 cm³/mol. The van der Waals surface area contributed by atoms with E-state index in [2.05, 4.69) is 21.1 Å². The Balaban J connectivity index is 1.90. The number of carbonyl (C=O) groups is 9. The molecule has 1 aromatic rings. The first-order valence-corrected chi connectivity index (χ1v) is 28.2. The van der Waals surface area contributed by atoms with E-state index in [1.165, 1.54) is 61.6 Å². The van der Waals surface area contributed by atoms with Crippen molar-refractivity contribution in [2.75, 3.05) is 34.3 Å². The van der Waals surface area contributed by atoms with Crippen molar-refractivity contribution in [3.05, 3.63) is 29.8 Å². The van der Waals surface area contributed by atoms with Crippen LogP contribution in [-0.4, -0.2) is 195 Å². The Bertz CT molecular complexity index is 2360. The highest BCUT2D eigenvalue weighted by Gasteiger charge is 2.46. The molecule has 4 rings (SSSR count). The van der Waals surface area contributed by atoms with Gasteiger partial charge < -0.3 is 65.2 Å². The second-order valence-corrected chi connectivity index (χ2v) is 23.1. The summed E-state index contributed by atoms with van der Waals surface area (Å²) in [7, 11) is 4.30. The number of hydrogen-bond donors (Lipinski definition) is 6. The van der Waals surface area contributed by atoms with Crippen LogP contribution in [0.1, 0.15) is 133 Å². The maximum atomic E-state index is 15.0. The van der Waals surface area contributed by atoms with Gasteiger partial charge in [0.1, 0.15) is 66.0 Å². The van der Waals surface area contributed by atoms with E-state index in [1.807, 2.05) is 27.7 Å². The lowest BCUT2D eigenvalue weighted by Crippen LogP contribution is -2.62. The van der Waals surface area contributed by atoms with Crippen LogP contribution in [0.15, 0.2) is 29.4 Å². The summed E-state index contributed by atoms with van der Waals surface area (Å²) in [6, 6.07) is -2.16. The number of carbonyl (C=O) groups excluding carboxylic acids is 9. The molecule has 0 aliphatic carbocycles. The van der Waals surface area contributed by atoms with Crippen molar-refractivity contribution in [1.82, 2.24) is 35.6 Å². The van der Waals surface area contributed by atoms with E-state index < -0.39 is 144 Å². The van der Waals surface area contributed by atoms with Gasteiger partial charge in [-0.3, -0.25) is 38.4 Å². The lowest BCUT2D eigenvalue weighted by atomic mass is 9.91. The molecule has 0 saturated carbocycles. The Morgan fingerprint density at radius 2 is 1.52 bits per heavy atom. The largest absolute Gasteiger partial charge is 0.497 e. The Morgan fingerprint density at radius 3 is 2.09 bits per heavy atom. The van der Waals surface area contributed by atoms with E-state index in [9.17, 15) is 53.8 Å².